The Kier molecular flexibility index (Phi) is 2.86. The summed E-state index contributed by atoms with van der Waals surface area (Å²) in [6, 6.07) is 10.0. The summed E-state index contributed by atoms with van der Waals surface area (Å²) < 4.78 is 2.86. The average Bonchev–Trinajstić information content (AvgIpc) is 2.93. The van der Waals surface area contributed by atoms with E-state index in [4.69, 9.17) is 17.3 Å². The SMILES string of the molecule is Cn1c(-c2ccc(Cl)s2)nc2cc(CN)ccc21. The van der Waals surface area contributed by atoms with Crippen molar-refractivity contribution in [2.24, 2.45) is 12.8 Å². The van der Waals surface area contributed by atoms with E-state index in [0.717, 1.165) is 31.6 Å². The molecule has 2 aromatic heterocycles. The Morgan fingerprint density at radius 1 is 1.33 bits per heavy atom. The molecule has 1 aromatic carbocycles. The standard InChI is InChI=1S/C13H12ClN3S/c1-17-10-3-2-8(7-15)6-9(10)16-13(17)11-4-5-12(14)18-11/h2-6H,7,15H2,1H3. The van der Waals surface area contributed by atoms with Crippen LogP contribution in [0.1, 0.15) is 5.56 Å². The summed E-state index contributed by atoms with van der Waals surface area (Å²) in [6.07, 6.45) is 0. The highest BCUT2D eigenvalue weighted by atomic mass is 35.5. The monoisotopic (exact) mass is 277 g/mol. The van der Waals surface area contributed by atoms with Gasteiger partial charge in [-0.2, -0.15) is 0 Å². The molecule has 3 nitrogen and oxygen atoms in total. The Balaban J connectivity index is 2.22. The zero-order valence-electron chi connectivity index (χ0n) is 9.85. The van der Waals surface area contributed by atoms with Gasteiger partial charge in [-0.25, -0.2) is 4.98 Å². The fourth-order valence-corrected chi connectivity index (χ4v) is 3.10. The molecule has 0 atom stereocenters. The number of benzene rings is 1. The molecule has 0 unspecified atom stereocenters. The first kappa shape index (κ1) is 11.7. The largest absolute Gasteiger partial charge is 0.326 e. The van der Waals surface area contributed by atoms with Gasteiger partial charge in [-0.15, -0.1) is 11.3 Å². The quantitative estimate of drug-likeness (QED) is 0.780. The van der Waals surface area contributed by atoms with Crippen LogP contribution in [0.15, 0.2) is 30.3 Å². The summed E-state index contributed by atoms with van der Waals surface area (Å²) in [5, 5.41) is 0. The minimum absolute atomic E-state index is 0.534. The van der Waals surface area contributed by atoms with E-state index in [2.05, 4.69) is 15.6 Å². The highest BCUT2D eigenvalue weighted by molar-refractivity contribution is 7.19. The summed E-state index contributed by atoms with van der Waals surface area (Å²) in [6.45, 7) is 0.534. The van der Waals surface area contributed by atoms with Gasteiger partial charge in [0.1, 0.15) is 0 Å². The molecule has 0 amide bonds. The number of halogens is 1. The zero-order valence-corrected chi connectivity index (χ0v) is 11.4. The number of nitrogens with zero attached hydrogens (tertiary/aromatic N) is 2. The van der Waals surface area contributed by atoms with Gasteiger partial charge in [0.15, 0.2) is 5.82 Å². The lowest BCUT2D eigenvalue weighted by molar-refractivity contribution is 0.962. The molecule has 92 valence electrons. The molecule has 0 spiro atoms. The molecule has 0 saturated heterocycles. The van der Waals surface area contributed by atoms with Crippen molar-refractivity contribution >= 4 is 34.0 Å². The number of imidazole rings is 1. The van der Waals surface area contributed by atoms with Crippen LogP contribution in [0.3, 0.4) is 0 Å². The van der Waals surface area contributed by atoms with Gasteiger partial charge in [0.2, 0.25) is 0 Å². The minimum Gasteiger partial charge on any atom is -0.326 e. The molecule has 0 fully saturated rings. The van der Waals surface area contributed by atoms with Crippen LogP contribution in [0, 0.1) is 0 Å². The van der Waals surface area contributed by atoms with Crippen molar-refractivity contribution in [3.63, 3.8) is 0 Å². The second-order valence-electron chi connectivity index (χ2n) is 4.13. The normalized spacial score (nSPS) is 11.3. The number of nitrogens with two attached hydrogens (primary N) is 1. The summed E-state index contributed by atoms with van der Waals surface area (Å²) in [7, 11) is 2.01. The van der Waals surface area contributed by atoms with E-state index in [1.54, 1.807) is 0 Å². The molecule has 18 heavy (non-hydrogen) atoms. The van der Waals surface area contributed by atoms with Crippen molar-refractivity contribution in [1.82, 2.24) is 9.55 Å². The fourth-order valence-electron chi connectivity index (χ4n) is 2.03. The molecule has 3 rings (SSSR count). The summed E-state index contributed by atoms with van der Waals surface area (Å²) in [5.41, 5.74) is 8.82. The van der Waals surface area contributed by atoms with Crippen LogP contribution in [0.2, 0.25) is 4.34 Å². The highest BCUT2D eigenvalue weighted by Gasteiger charge is 2.11. The Bertz CT molecular complexity index is 714. The molecule has 0 saturated carbocycles. The number of rotatable bonds is 2. The molecule has 0 aliphatic rings. The molecular weight excluding hydrogens is 266 g/mol. The van der Waals surface area contributed by atoms with E-state index < -0.39 is 0 Å². The van der Waals surface area contributed by atoms with Crippen molar-refractivity contribution in [3.05, 3.63) is 40.2 Å². The number of fused-ring (bicyclic) bond motifs is 1. The number of aromatic nitrogens is 2. The molecule has 3 aromatic rings. The van der Waals surface area contributed by atoms with Crippen LogP contribution in [0.5, 0.6) is 0 Å². The zero-order chi connectivity index (χ0) is 12.7. The second kappa shape index (κ2) is 4.39. The Labute approximate surface area is 114 Å². The number of hydrogen-bond donors (Lipinski definition) is 1. The van der Waals surface area contributed by atoms with Crippen LogP contribution < -0.4 is 5.73 Å². The van der Waals surface area contributed by atoms with E-state index in [0.29, 0.717) is 6.54 Å². The van der Waals surface area contributed by atoms with Crippen LogP contribution in [0.4, 0.5) is 0 Å². The van der Waals surface area contributed by atoms with Crippen LogP contribution in [0.25, 0.3) is 21.7 Å². The van der Waals surface area contributed by atoms with Crippen molar-refractivity contribution in [1.29, 1.82) is 0 Å². The third-order valence-corrected chi connectivity index (χ3v) is 4.20. The Hall–Kier alpha value is -1.36. The predicted molar refractivity (Wildman–Crippen MR) is 76.9 cm³/mol. The van der Waals surface area contributed by atoms with Crippen molar-refractivity contribution in [2.75, 3.05) is 0 Å². The van der Waals surface area contributed by atoms with E-state index in [-0.39, 0.29) is 0 Å². The highest BCUT2D eigenvalue weighted by Crippen LogP contribution is 2.32. The van der Waals surface area contributed by atoms with E-state index in [1.165, 1.54) is 11.3 Å². The number of hydrogen-bond acceptors (Lipinski definition) is 3. The molecule has 0 radical (unpaired) electrons. The van der Waals surface area contributed by atoms with Gasteiger partial charge >= 0.3 is 0 Å². The average molecular weight is 278 g/mol. The summed E-state index contributed by atoms with van der Waals surface area (Å²) >= 11 is 7.51. The Morgan fingerprint density at radius 2 is 2.17 bits per heavy atom. The van der Waals surface area contributed by atoms with Crippen LogP contribution >= 0.6 is 22.9 Å². The molecule has 5 heteroatoms. The van der Waals surface area contributed by atoms with Gasteiger partial charge in [0, 0.05) is 13.6 Å². The predicted octanol–water partition coefficient (Wildman–Crippen LogP) is 3.41. The van der Waals surface area contributed by atoms with Crippen molar-refractivity contribution < 1.29 is 0 Å². The summed E-state index contributed by atoms with van der Waals surface area (Å²) in [5.74, 6) is 0.941. The third kappa shape index (κ3) is 1.82. The smallest absolute Gasteiger partial charge is 0.151 e. The van der Waals surface area contributed by atoms with E-state index >= 15 is 0 Å². The lowest BCUT2D eigenvalue weighted by Gasteiger charge is -1.99. The lowest BCUT2D eigenvalue weighted by Crippen LogP contribution is -1.95. The van der Waals surface area contributed by atoms with E-state index in [1.807, 2.05) is 31.3 Å². The van der Waals surface area contributed by atoms with Gasteiger partial charge in [0.25, 0.3) is 0 Å². The van der Waals surface area contributed by atoms with Crippen molar-refractivity contribution in [2.45, 2.75) is 6.54 Å². The minimum atomic E-state index is 0.534. The Morgan fingerprint density at radius 3 is 2.83 bits per heavy atom. The topological polar surface area (TPSA) is 43.8 Å². The molecule has 2 heterocycles. The number of thiophene rings is 1. The number of aryl methyl sites for hydroxylation is 1. The maximum absolute atomic E-state index is 5.97. The first-order valence-electron chi connectivity index (χ1n) is 5.60. The van der Waals surface area contributed by atoms with Crippen LogP contribution in [-0.4, -0.2) is 9.55 Å². The maximum Gasteiger partial charge on any atom is 0.151 e. The van der Waals surface area contributed by atoms with Crippen LogP contribution in [-0.2, 0) is 13.6 Å². The van der Waals surface area contributed by atoms with Gasteiger partial charge < -0.3 is 10.3 Å². The van der Waals surface area contributed by atoms with Gasteiger partial charge in [-0.1, -0.05) is 17.7 Å². The lowest BCUT2D eigenvalue weighted by atomic mass is 10.2. The first-order valence-corrected chi connectivity index (χ1v) is 6.79. The summed E-state index contributed by atoms with van der Waals surface area (Å²) in [4.78, 5) is 5.74. The maximum atomic E-state index is 5.97. The van der Waals surface area contributed by atoms with Crippen molar-refractivity contribution in [3.8, 4) is 10.7 Å². The molecular formula is C13H12ClN3S. The van der Waals surface area contributed by atoms with Gasteiger partial charge in [-0.3, -0.25) is 0 Å². The van der Waals surface area contributed by atoms with Gasteiger partial charge in [-0.05, 0) is 29.8 Å². The fraction of sp³-hybridized carbons (Fsp3) is 0.154. The molecule has 2 N–H and O–H groups in total. The molecule has 0 bridgehead atoms. The third-order valence-electron chi connectivity index (χ3n) is 2.97. The molecule has 0 aliphatic carbocycles. The van der Waals surface area contributed by atoms with Gasteiger partial charge in [0.05, 0.1) is 20.2 Å². The molecule has 0 aliphatic heterocycles. The second-order valence-corrected chi connectivity index (χ2v) is 5.84. The first-order chi connectivity index (χ1) is 8.69. The van der Waals surface area contributed by atoms with E-state index in [9.17, 15) is 0 Å².